The average Bonchev–Trinajstić information content (AvgIpc) is 3.02. The molecule has 0 aliphatic heterocycles. The minimum Gasteiger partial charge on any atom is -0.289 e. The number of rotatable bonds is 10. The molecule has 0 aliphatic carbocycles. The zero-order valence-electron chi connectivity index (χ0n) is 21.9. The minimum atomic E-state index is -2.34. The lowest BCUT2D eigenvalue weighted by atomic mass is 10.1. The van der Waals surface area contributed by atoms with Crippen molar-refractivity contribution in [2.24, 2.45) is 0 Å². The standard InChI is InChI=1S/C34H29NO3P2/c36-34(28-21-23-29(24-22-28)35(37)38)27-40(32-17-9-3-10-18-32,33-19-11-4-12-20-33)26-25-39(30-13-5-1-6-14-30)31-15-7-2-8-16-31/h1-24,27H,25-26H2. The van der Waals surface area contributed by atoms with Gasteiger partial charge in [0.05, 0.1) is 4.92 Å². The van der Waals surface area contributed by atoms with E-state index in [1.54, 1.807) is 12.1 Å². The number of nitrogens with zero attached hydrogens (tertiary/aromatic N) is 1. The molecule has 0 N–H and O–H groups in total. The van der Waals surface area contributed by atoms with Gasteiger partial charge in [0.1, 0.15) is 0 Å². The third-order valence-electron chi connectivity index (χ3n) is 6.95. The molecule has 0 unspecified atom stereocenters. The lowest BCUT2D eigenvalue weighted by Crippen LogP contribution is -2.26. The fourth-order valence-corrected chi connectivity index (χ4v) is 12.1. The lowest BCUT2D eigenvalue weighted by molar-refractivity contribution is -0.384. The van der Waals surface area contributed by atoms with Crippen LogP contribution in [0.4, 0.5) is 5.69 Å². The van der Waals surface area contributed by atoms with Crippen molar-refractivity contribution >= 4 is 53.3 Å². The van der Waals surface area contributed by atoms with Gasteiger partial charge in [-0.15, -0.1) is 0 Å². The third kappa shape index (κ3) is 6.20. The van der Waals surface area contributed by atoms with Crippen molar-refractivity contribution in [1.82, 2.24) is 0 Å². The Labute approximate surface area is 236 Å². The quantitative estimate of drug-likeness (QED) is 0.0861. The van der Waals surface area contributed by atoms with Crippen molar-refractivity contribution in [3.8, 4) is 0 Å². The molecule has 4 nitrogen and oxygen atoms in total. The molecule has 5 aromatic rings. The summed E-state index contributed by atoms with van der Waals surface area (Å²) in [5.41, 5.74) is 0.426. The Bertz CT molecular complexity index is 1540. The van der Waals surface area contributed by atoms with Crippen molar-refractivity contribution in [1.29, 1.82) is 0 Å². The summed E-state index contributed by atoms with van der Waals surface area (Å²) in [5, 5.41) is 16.1. The van der Waals surface area contributed by atoms with E-state index in [-0.39, 0.29) is 11.5 Å². The van der Waals surface area contributed by atoms with E-state index in [0.29, 0.717) is 5.56 Å². The van der Waals surface area contributed by atoms with Gasteiger partial charge in [-0.05, 0) is 66.3 Å². The molecular formula is C34H29NO3P2. The summed E-state index contributed by atoms with van der Waals surface area (Å²) in [6.07, 6.45) is 1.72. The first kappa shape index (κ1) is 27.5. The van der Waals surface area contributed by atoms with Gasteiger partial charge in [-0.2, -0.15) is 0 Å². The smallest absolute Gasteiger partial charge is 0.269 e. The van der Waals surface area contributed by atoms with Crippen LogP contribution in [0.3, 0.4) is 0 Å². The van der Waals surface area contributed by atoms with Crippen LogP contribution in [0.1, 0.15) is 10.4 Å². The highest BCUT2D eigenvalue weighted by molar-refractivity contribution is 7.90. The Hall–Kier alpha value is -4.10. The van der Waals surface area contributed by atoms with Crippen LogP contribution in [-0.2, 0) is 0 Å². The van der Waals surface area contributed by atoms with Crippen molar-refractivity contribution in [3.63, 3.8) is 0 Å². The molecule has 0 spiro atoms. The average molecular weight is 562 g/mol. The number of Topliss-reactive ketones (excluding diaryl/α,β-unsaturated/α-hetero) is 1. The maximum atomic E-state index is 13.9. The van der Waals surface area contributed by atoms with E-state index in [2.05, 4.69) is 72.8 Å². The van der Waals surface area contributed by atoms with Crippen molar-refractivity contribution in [3.05, 3.63) is 161 Å². The zero-order chi connectivity index (χ0) is 27.8. The number of carbonyl (C=O) groups excluding carboxylic acids is 1. The van der Waals surface area contributed by atoms with Crippen molar-refractivity contribution in [2.75, 3.05) is 12.3 Å². The van der Waals surface area contributed by atoms with Crippen LogP contribution in [0, 0.1) is 10.1 Å². The molecule has 5 rings (SSSR count). The van der Waals surface area contributed by atoms with Gasteiger partial charge >= 0.3 is 0 Å². The largest absolute Gasteiger partial charge is 0.289 e. The number of hydrogen-bond donors (Lipinski definition) is 0. The molecule has 0 bridgehead atoms. The molecule has 0 aromatic heterocycles. The number of hydrogen-bond acceptors (Lipinski definition) is 3. The maximum absolute atomic E-state index is 13.9. The predicted octanol–water partition coefficient (Wildman–Crippen LogP) is 6.38. The molecule has 0 saturated carbocycles. The SMILES string of the molecule is O=C(C=P(CCP(c1ccccc1)c1ccccc1)(c1ccccc1)c1ccccc1)c1ccc([N+](=O)[O-])cc1. The highest BCUT2D eigenvalue weighted by Crippen LogP contribution is 2.48. The fraction of sp³-hybridized carbons (Fsp3) is 0.0588. The second-order valence-corrected chi connectivity index (χ2v) is 15.2. The molecule has 5 aromatic carbocycles. The molecule has 0 amide bonds. The van der Waals surface area contributed by atoms with Gasteiger partial charge in [0.15, 0.2) is 5.78 Å². The van der Waals surface area contributed by atoms with E-state index >= 15 is 0 Å². The summed E-state index contributed by atoms with van der Waals surface area (Å²) in [7, 11) is -0.665. The Morgan fingerprint density at radius 1 is 0.650 bits per heavy atom. The van der Waals surface area contributed by atoms with Crippen LogP contribution in [0.25, 0.3) is 0 Å². The molecule has 6 heteroatoms. The van der Waals surface area contributed by atoms with Gasteiger partial charge in [-0.1, -0.05) is 121 Å². The van der Waals surface area contributed by atoms with Crippen LogP contribution in [0.5, 0.6) is 0 Å². The molecule has 0 aliphatic rings. The third-order valence-corrected chi connectivity index (χ3v) is 13.9. The number of nitro benzene ring substituents is 1. The predicted molar refractivity (Wildman–Crippen MR) is 171 cm³/mol. The molecule has 198 valence electrons. The molecule has 0 fully saturated rings. The second-order valence-electron chi connectivity index (χ2n) is 9.38. The van der Waals surface area contributed by atoms with Crippen LogP contribution in [0.15, 0.2) is 146 Å². The fourth-order valence-electron chi connectivity index (χ4n) is 4.91. The molecular weight excluding hydrogens is 532 g/mol. The summed E-state index contributed by atoms with van der Waals surface area (Å²) >= 11 is 0. The number of carbonyl (C=O) groups is 1. The topological polar surface area (TPSA) is 60.2 Å². The van der Waals surface area contributed by atoms with Gasteiger partial charge in [-0.25, -0.2) is 0 Å². The Morgan fingerprint density at radius 2 is 1.07 bits per heavy atom. The first-order valence-corrected chi connectivity index (χ1v) is 16.7. The van der Waals surface area contributed by atoms with Gasteiger partial charge in [0.25, 0.3) is 5.69 Å². The van der Waals surface area contributed by atoms with Crippen molar-refractivity contribution < 1.29 is 9.72 Å². The molecule has 0 radical (unpaired) electrons. The zero-order valence-corrected chi connectivity index (χ0v) is 23.7. The Balaban J connectivity index is 1.65. The molecule has 0 heterocycles. The summed E-state index contributed by atoms with van der Waals surface area (Å²) in [6, 6.07) is 47.9. The number of benzene rings is 5. The monoisotopic (exact) mass is 561 g/mol. The van der Waals surface area contributed by atoms with Crippen LogP contribution in [0.2, 0.25) is 0 Å². The van der Waals surface area contributed by atoms with E-state index < -0.39 is 19.7 Å². The normalized spacial score (nSPS) is 11.2. The number of ketones is 1. The van der Waals surface area contributed by atoms with Crippen molar-refractivity contribution in [2.45, 2.75) is 0 Å². The highest BCUT2D eigenvalue weighted by Gasteiger charge is 2.27. The molecule has 0 saturated heterocycles. The van der Waals surface area contributed by atoms with Gasteiger partial charge in [-0.3, -0.25) is 14.9 Å². The van der Waals surface area contributed by atoms with E-state index in [0.717, 1.165) is 22.9 Å². The highest BCUT2D eigenvalue weighted by atomic mass is 31.2. The van der Waals surface area contributed by atoms with Gasteiger partial charge in [0, 0.05) is 17.7 Å². The van der Waals surface area contributed by atoms with Crippen LogP contribution < -0.4 is 21.2 Å². The maximum Gasteiger partial charge on any atom is 0.269 e. The Kier molecular flexibility index (Phi) is 8.81. The van der Waals surface area contributed by atoms with E-state index in [1.165, 1.54) is 22.7 Å². The van der Waals surface area contributed by atoms with Gasteiger partial charge < -0.3 is 0 Å². The van der Waals surface area contributed by atoms with E-state index in [1.807, 2.05) is 54.3 Å². The minimum absolute atomic E-state index is 0.0277. The Morgan fingerprint density at radius 3 is 1.50 bits per heavy atom. The second kappa shape index (κ2) is 12.8. The summed E-state index contributed by atoms with van der Waals surface area (Å²) in [6.45, 7) is -2.34. The number of non-ortho nitro benzene ring substituents is 1. The molecule has 40 heavy (non-hydrogen) atoms. The lowest BCUT2D eigenvalue weighted by Gasteiger charge is -2.30. The first-order chi connectivity index (χ1) is 19.6. The molecule has 0 atom stereocenters. The number of nitro groups is 1. The summed E-state index contributed by atoms with van der Waals surface area (Å²) in [5.74, 6) is 1.82. The summed E-state index contributed by atoms with van der Waals surface area (Å²) < 4.78 is 0. The van der Waals surface area contributed by atoms with Crippen LogP contribution in [-0.4, -0.2) is 28.8 Å². The van der Waals surface area contributed by atoms with Gasteiger partial charge in [0.2, 0.25) is 0 Å². The van der Waals surface area contributed by atoms with Crippen LogP contribution >= 0.6 is 14.8 Å². The van der Waals surface area contributed by atoms with E-state index in [4.69, 9.17) is 0 Å². The van der Waals surface area contributed by atoms with E-state index in [9.17, 15) is 14.9 Å². The first-order valence-electron chi connectivity index (χ1n) is 13.1. The summed E-state index contributed by atoms with van der Waals surface area (Å²) in [4.78, 5) is 24.6.